The summed E-state index contributed by atoms with van der Waals surface area (Å²) in [5.74, 6) is 0.247. The van der Waals surface area contributed by atoms with E-state index in [2.05, 4.69) is 15.3 Å². The molecule has 0 aromatic carbocycles. The zero-order valence-electron chi connectivity index (χ0n) is 12.3. The van der Waals surface area contributed by atoms with E-state index < -0.39 is 11.6 Å². The number of rotatable bonds is 3. The largest absolute Gasteiger partial charge is 0.455 e. The molecule has 0 fully saturated rings. The normalized spacial score (nSPS) is 11.7. The lowest BCUT2D eigenvalue weighted by Gasteiger charge is -2.18. The maximum atomic E-state index is 12.0. The summed E-state index contributed by atoms with van der Waals surface area (Å²) in [6.07, 6.45) is 1.38. The number of esters is 1. The number of aryl methyl sites for hydroxylation is 1. The highest BCUT2D eigenvalue weighted by molar-refractivity contribution is 5.88. The first-order valence-electron chi connectivity index (χ1n) is 6.30. The van der Waals surface area contributed by atoms with Gasteiger partial charge in [-0.05, 0) is 34.6 Å². The Balaban J connectivity index is 2.19. The number of carbonyl (C=O) groups excluding carboxylic acids is 1. The highest BCUT2D eigenvalue weighted by atomic mass is 16.6. The molecule has 0 aliphatic heterocycles. The van der Waals surface area contributed by atoms with Crippen LogP contribution in [-0.2, 0) is 11.3 Å². The maximum Gasteiger partial charge on any atom is 0.361 e. The molecule has 0 atom stereocenters. The van der Waals surface area contributed by atoms with Gasteiger partial charge in [-0.1, -0.05) is 5.21 Å². The van der Waals surface area contributed by atoms with Crippen LogP contribution >= 0.6 is 0 Å². The summed E-state index contributed by atoms with van der Waals surface area (Å²) in [6.45, 7) is 9.43. The molecule has 108 valence electrons. The van der Waals surface area contributed by atoms with E-state index in [9.17, 15) is 4.79 Å². The van der Waals surface area contributed by atoms with Crippen LogP contribution in [0.2, 0.25) is 0 Å². The van der Waals surface area contributed by atoms with Crippen molar-refractivity contribution < 1.29 is 13.9 Å². The molecule has 0 bridgehead atoms. The minimum atomic E-state index is -0.560. The molecule has 0 saturated carbocycles. The molecule has 0 N–H and O–H groups in total. The summed E-state index contributed by atoms with van der Waals surface area (Å²) in [7, 11) is 0. The van der Waals surface area contributed by atoms with Crippen molar-refractivity contribution in [3.05, 3.63) is 29.2 Å². The van der Waals surface area contributed by atoms with E-state index in [-0.39, 0.29) is 5.69 Å². The standard InChI is InChI=1S/C13H18N4O3/c1-8-11(12(18)20-13(3,4)5)15-16-17(8)6-10-9(2)19-7-14-10/h7H,6H2,1-5H3. The van der Waals surface area contributed by atoms with Crippen molar-refractivity contribution in [2.75, 3.05) is 0 Å². The van der Waals surface area contributed by atoms with Gasteiger partial charge in [0, 0.05) is 0 Å². The molecule has 2 aromatic heterocycles. The third-order valence-electron chi connectivity index (χ3n) is 2.72. The van der Waals surface area contributed by atoms with E-state index >= 15 is 0 Å². The number of ether oxygens (including phenoxy) is 1. The summed E-state index contributed by atoms with van der Waals surface area (Å²) in [4.78, 5) is 16.1. The second kappa shape index (κ2) is 5.07. The van der Waals surface area contributed by atoms with Crippen LogP contribution in [0.1, 0.15) is 48.4 Å². The van der Waals surface area contributed by atoms with Gasteiger partial charge >= 0.3 is 5.97 Å². The lowest BCUT2D eigenvalue weighted by atomic mass is 10.2. The van der Waals surface area contributed by atoms with E-state index in [1.807, 2.05) is 27.7 Å². The van der Waals surface area contributed by atoms with Crippen molar-refractivity contribution in [2.24, 2.45) is 0 Å². The van der Waals surface area contributed by atoms with Gasteiger partial charge in [-0.25, -0.2) is 14.5 Å². The number of aromatic nitrogens is 4. The number of carbonyl (C=O) groups is 1. The Hall–Kier alpha value is -2.18. The topological polar surface area (TPSA) is 83.0 Å². The van der Waals surface area contributed by atoms with Gasteiger partial charge < -0.3 is 9.15 Å². The second-order valence-corrected chi connectivity index (χ2v) is 5.54. The molecule has 20 heavy (non-hydrogen) atoms. The number of oxazole rings is 1. The summed E-state index contributed by atoms with van der Waals surface area (Å²) < 4.78 is 12.0. The molecule has 7 nitrogen and oxygen atoms in total. The third kappa shape index (κ3) is 3.04. The quantitative estimate of drug-likeness (QED) is 0.797. The Morgan fingerprint density at radius 1 is 1.40 bits per heavy atom. The molecule has 0 unspecified atom stereocenters. The predicted octanol–water partition coefficient (Wildman–Crippen LogP) is 1.89. The van der Waals surface area contributed by atoms with Crippen LogP contribution in [0.4, 0.5) is 0 Å². The molecule has 2 rings (SSSR count). The van der Waals surface area contributed by atoms with Crippen molar-refractivity contribution in [1.29, 1.82) is 0 Å². The first-order valence-corrected chi connectivity index (χ1v) is 6.30. The van der Waals surface area contributed by atoms with E-state index in [0.717, 1.165) is 11.5 Å². The van der Waals surface area contributed by atoms with Crippen LogP contribution in [-0.4, -0.2) is 31.5 Å². The van der Waals surface area contributed by atoms with Crippen LogP contribution in [0, 0.1) is 13.8 Å². The van der Waals surface area contributed by atoms with Gasteiger partial charge in [-0.2, -0.15) is 0 Å². The van der Waals surface area contributed by atoms with Gasteiger partial charge in [-0.3, -0.25) is 0 Å². The summed E-state index contributed by atoms with van der Waals surface area (Å²) in [6, 6.07) is 0. The highest BCUT2D eigenvalue weighted by Gasteiger charge is 2.23. The van der Waals surface area contributed by atoms with Crippen LogP contribution < -0.4 is 0 Å². The fourth-order valence-corrected chi connectivity index (χ4v) is 1.65. The Morgan fingerprint density at radius 2 is 2.10 bits per heavy atom. The molecule has 0 spiro atoms. The minimum absolute atomic E-state index is 0.223. The smallest absolute Gasteiger partial charge is 0.361 e. The molecule has 2 aromatic rings. The molecule has 0 saturated heterocycles. The number of nitrogens with zero attached hydrogens (tertiary/aromatic N) is 4. The molecule has 0 aliphatic carbocycles. The third-order valence-corrected chi connectivity index (χ3v) is 2.72. The van der Waals surface area contributed by atoms with Crippen LogP contribution in [0.3, 0.4) is 0 Å². The van der Waals surface area contributed by atoms with E-state index in [1.165, 1.54) is 6.39 Å². The van der Waals surface area contributed by atoms with Crippen molar-refractivity contribution in [2.45, 2.75) is 46.8 Å². The number of hydrogen-bond acceptors (Lipinski definition) is 6. The summed E-state index contributed by atoms with van der Waals surface area (Å²) >= 11 is 0. The zero-order valence-corrected chi connectivity index (χ0v) is 12.3. The lowest BCUT2D eigenvalue weighted by Crippen LogP contribution is -2.24. The maximum absolute atomic E-state index is 12.0. The average molecular weight is 278 g/mol. The Morgan fingerprint density at radius 3 is 2.65 bits per heavy atom. The molecular weight excluding hydrogens is 260 g/mol. The fraction of sp³-hybridized carbons (Fsp3) is 0.538. The fourth-order valence-electron chi connectivity index (χ4n) is 1.65. The monoisotopic (exact) mass is 278 g/mol. The number of hydrogen-bond donors (Lipinski definition) is 0. The van der Waals surface area contributed by atoms with Crippen molar-refractivity contribution in [1.82, 2.24) is 20.0 Å². The van der Waals surface area contributed by atoms with Gasteiger partial charge in [-0.15, -0.1) is 5.10 Å². The first kappa shape index (κ1) is 14.2. The SMILES string of the molecule is Cc1ocnc1Cn1nnc(C(=O)OC(C)(C)C)c1C. The van der Waals surface area contributed by atoms with Gasteiger partial charge in [0.15, 0.2) is 12.1 Å². The van der Waals surface area contributed by atoms with Gasteiger partial charge in [0.2, 0.25) is 0 Å². The summed E-state index contributed by atoms with van der Waals surface area (Å²) in [5.41, 5.74) is 1.06. The van der Waals surface area contributed by atoms with Gasteiger partial charge in [0.05, 0.1) is 12.2 Å². The zero-order chi connectivity index (χ0) is 14.9. The molecular formula is C13H18N4O3. The van der Waals surface area contributed by atoms with Gasteiger partial charge in [0.25, 0.3) is 0 Å². The van der Waals surface area contributed by atoms with E-state index in [4.69, 9.17) is 9.15 Å². The Kier molecular flexibility index (Phi) is 3.61. The van der Waals surface area contributed by atoms with Crippen LogP contribution in [0.25, 0.3) is 0 Å². The Labute approximate surface area is 116 Å². The minimum Gasteiger partial charge on any atom is -0.455 e. The molecule has 0 aliphatic rings. The molecule has 0 amide bonds. The predicted molar refractivity (Wildman–Crippen MR) is 70.3 cm³/mol. The molecule has 0 radical (unpaired) electrons. The van der Waals surface area contributed by atoms with Gasteiger partial charge in [0.1, 0.15) is 17.1 Å². The van der Waals surface area contributed by atoms with Crippen LogP contribution in [0.15, 0.2) is 10.8 Å². The van der Waals surface area contributed by atoms with E-state index in [1.54, 1.807) is 11.6 Å². The molecule has 7 heteroatoms. The Bertz CT molecular complexity index is 622. The van der Waals surface area contributed by atoms with E-state index in [0.29, 0.717) is 12.2 Å². The second-order valence-electron chi connectivity index (χ2n) is 5.54. The van der Waals surface area contributed by atoms with Crippen molar-refractivity contribution in [3.8, 4) is 0 Å². The van der Waals surface area contributed by atoms with Crippen LogP contribution in [0.5, 0.6) is 0 Å². The average Bonchev–Trinajstić information content (AvgIpc) is 2.86. The molecule has 2 heterocycles. The van der Waals surface area contributed by atoms with Crippen molar-refractivity contribution >= 4 is 5.97 Å². The highest BCUT2D eigenvalue weighted by Crippen LogP contribution is 2.14. The first-order chi connectivity index (χ1) is 9.28. The van der Waals surface area contributed by atoms with Crippen molar-refractivity contribution in [3.63, 3.8) is 0 Å². The lowest BCUT2D eigenvalue weighted by molar-refractivity contribution is 0.00618. The summed E-state index contributed by atoms with van der Waals surface area (Å²) in [5, 5.41) is 7.86.